The average Bonchev–Trinajstić information content (AvgIpc) is 3.04. The Balaban J connectivity index is 0.000000321. The van der Waals surface area contributed by atoms with E-state index in [4.69, 9.17) is 9.90 Å². The fourth-order valence-corrected chi connectivity index (χ4v) is 4.57. The standard InChI is InChI=1S/C13H17N3O3S.C2HF3O2/c1-9-12-8-16(7-10(12)5-15-13(9)17)20(18,19)11-3-2-4-14-6-11;3-2(4,5)1(6)7/h2-4,6,9-10,12H,5,7-8H2,1H3,(H,15,17);(H,6,7)/t9-,10-,12-;/m0./s1. The predicted molar refractivity (Wildman–Crippen MR) is 85.8 cm³/mol. The number of carboxylic acid groups (broad SMARTS) is 1. The fraction of sp³-hybridized carbons (Fsp3) is 0.533. The van der Waals surface area contributed by atoms with Crippen LogP contribution in [0.15, 0.2) is 29.4 Å². The lowest BCUT2D eigenvalue weighted by atomic mass is 9.81. The van der Waals surface area contributed by atoms with E-state index < -0.39 is 22.2 Å². The average molecular weight is 409 g/mol. The maximum Gasteiger partial charge on any atom is 0.490 e. The SMILES string of the molecule is C[C@@H]1C(=O)NC[C@H]2CN(S(=O)(=O)c3cccnc3)C[C@H]21.O=C(O)C(F)(F)F. The summed E-state index contributed by atoms with van der Waals surface area (Å²) in [7, 11) is -3.51. The Kier molecular flexibility index (Phi) is 6.10. The van der Waals surface area contributed by atoms with Gasteiger partial charge in [-0.25, -0.2) is 13.2 Å². The number of rotatable bonds is 2. The van der Waals surface area contributed by atoms with E-state index in [1.165, 1.54) is 10.5 Å². The molecule has 1 amide bonds. The summed E-state index contributed by atoms with van der Waals surface area (Å²) in [6.07, 6.45) is -2.17. The first-order valence-corrected chi connectivity index (χ1v) is 9.36. The number of sulfonamides is 1. The molecule has 27 heavy (non-hydrogen) atoms. The zero-order valence-corrected chi connectivity index (χ0v) is 15.0. The fourth-order valence-electron chi connectivity index (χ4n) is 3.07. The number of amides is 1. The molecular formula is C15H18F3N3O5S. The van der Waals surface area contributed by atoms with E-state index in [1.807, 2.05) is 6.92 Å². The largest absolute Gasteiger partial charge is 0.490 e. The van der Waals surface area contributed by atoms with Crippen molar-refractivity contribution in [1.29, 1.82) is 0 Å². The number of nitrogens with zero attached hydrogens (tertiary/aromatic N) is 2. The van der Waals surface area contributed by atoms with Crippen LogP contribution in [0.2, 0.25) is 0 Å². The second-order valence-electron chi connectivity index (χ2n) is 6.27. The summed E-state index contributed by atoms with van der Waals surface area (Å²) in [6.45, 7) is 3.31. The smallest absolute Gasteiger partial charge is 0.475 e. The van der Waals surface area contributed by atoms with Gasteiger partial charge in [0.25, 0.3) is 0 Å². The number of aromatic nitrogens is 1. The van der Waals surface area contributed by atoms with Crippen molar-refractivity contribution in [3.63, 3.8) is 0 Å². The number of hydrogen-bond acceptors (Lipinski definition) is 5. The Hall–Kier alpha value is -2.21. The minimum atomic E-state index is -5.08. The van der Waals surface area contributed by atoms with Crippen LogP contribution in [-0.2, 0) is 19.6 Å². The third-order valence-electron chi connectivity index (χ3n) is 4.57. The molecule has 1 aromatic rings. The number of carbonyl (C=O) groups excluding carboxylic acids is 1. The van der Waals surface area contributed by atoms with Crippen molar-refractivity contribution in [3.8, 4) is 0 Å². The molecule has 0 radical (unpaired) electrons. The highest BCUT2D eigenvalue weighted by atomic mass is 32.2. The van der Waals surface area contributed by atoms with Crippen molar-refractivity contribution in [2.75, 3.05) is 19.6 Å². The molecule has 8 nitrogen and oxygen atoms in total. The zero-order chi connectivity index (χ0) is 20.4. The molecule has 150 valence electrons. The van der Waals surface area contributed by atoms with E-state index >= 15 is 0 Å². The molecule has 0 saturated carbocycles. The molecule has 3 heterocycles. The Morgan fingerprint density at radius 1 is 1.37 bits per heavy atom. The number of hydrogen-bond donors (Lipinski definition) is 2. The van der Waals surface area contributed by atoms with Crippen molar-refractivity contribution < 1.29 is 36.3 Å². The predicted octanol–water partition coefficient (Wildman–Crippen LogP) is 0.717. The summed E-state index contributed by atoms with van der Waals surface area (Å²) in [4.78, 5) is 24.7. The summed E-state index contributed by atoms with van der Waals surface area (Å²) in [5.74, 6) is -2.56. The highest BCUT2D eigenvalue weighted by Crippen LogP contribution is 2.35. The molecule has 3 rings (SSSR count). The first-order chi connectivity index (χ1) is 12.4. The number of pyridine rings is 1. The maximum absolute atomic E-state index is 12.5. The highest BCUT2D eigenvalue weighted by molar-refractivity contribution is 7.89. The Bertz CT molecular complexity index is 801. The quantitative estimate of drug-likeness (QED) is 0.743. The van der Waals surface area contributed by atoms with E-state index in [1.54, 1.807) is 18.3 Å². The van der Waals surface area contributed by atoms with Crippen LogP contribution >= 0.6 is 0 Å². The molecule has 0 aromatic carbocycles. The lowest BCUT2D eigenvalue weighted by Crippen LogP contribution is -2.46. The molecule has 2 N–H and O–H groups in total. The lowest BCUT2D eigenvalue weighted by molar-refractivity contribution is -0.192. The van der Waals surface area contributed by atoms with Crippen molar-refractivity contribution >= 4 is 21.9 Å². The van der Waals surface area contributed by atoms with Gasteiger partial charge < -0.3 is 10.4 Å². The van der Waals surface area contributed by atoms with Gasteiger partial charge >= 0.3 is 12.1 Å². The summed E-state index contributed by atoms with van der Waals surface area (Å²) in [6, 6.07) is 3.17. The monoisotopic (exact) mass is 409 g/mol. The molecule has 1 aromatic heterocycles. The molecule has 2 fully saturated rings. The molecule has 0 aliphatic carbocycles. The summed E-state index contributed by atoms with van der Waals surface area (Å²) in [5, 5.41) is 9.97. The zero-order valence-electron chi connectivity index (χ0n) is 14.2. The molecule has 0 unspecified atom stereocenters. The molecule has 0 bridgehead atoms. The highest BCUT2D eigenvalue weighted by Gasteiger charge is 2.45. The van der Waals surface area contributed by atoms with Crippen molar-refractivity contribution in [2.45, 2.75) is 18.0 Å². The van der Waals surface area contributed by atoms with Gasteiger partial charge in [0.1, 0.15) is 4.90 Å². The molecule has 2 aliphatic rings. The van der Waals surface area contributed by atoms with E-state index in [0.717, 1.165) is 0 Å². The van der Waals surface area contributed by atoms with Crippen molar-refractivity contribution in [2.24, 2.45) is 17.8 Å². The number of carbonyl (C=O) groups is 2. The topological polar surface area (TPSA) is 117 Å². The number of alkyl halides is 3. The van der Waals surface area contributed by atoms with Crippen molar-refractivity contribution in [3.05, 3.63) is 24.5 Å². The normalized spacial score (nSPS) is 25.8. The summed E-state index contributed by atoms with van der Waals surface area (Å²) < 4.78 is 58.3. The van der Waals surface area contributed by atoms with Gasteiger partial charge in [0.2, 0.25) is 15.9 Å². The van der Waals surface area contributed by atoms with Gasteiger partial charge in [0, 0.05) is 37.9 Å². The number of aliphatic carboxylic acids is 1. The maximum atomic E-state index is 12.5. The van der Waals surface area contributed by atoms with E-state index in [9.17, 15) is 26.4 Å². The van der Waals surface area contributed by atoms with Gasteiger partial charge in [0.05, 0.1) is 0 Å². The minimum Gasteiger partial charge on any atom is -0.475 e. The second-order valence-corrected chi connectivity index (χ2v) is 8.21. The van der Waals surface area contributed by atoms with Gasteiger partial charge in [-0.3, -0.25) is 9.78 Å². The van der Waals surface area contributed by atoms with Crippen LogP contribution in [0.4, 0.5) is 13.2 Å². The Morgan fingerprint density at radius 2 is 2.00 bits per heavy atom. The summed E-state index contributed by atoms with van der Waals surface area (Å²) in [5.41, 5.74) is 0. The lowest BCUT2D eigenvalue weighted by Gasteiger charge is -2.29. The molecule has 0 spiro atoms. The van der Waals surface area contributed by atoms with Crippen LogP contribution in [-0.4, -0.2) is 60.5 Å². The van der Waals surface area contributed by atoms with Gasteiger partial charge in [-0.15, -0.1) is 0 Å². The van der Waals surface area contributed by atoms with E-state index in [-0.39, 0.29) is 28.6 Å². The van der Waals surface area contributed by atoms with E-state index in [0.29, 0.717) is 19.6 Å². The third-order valence-corrected chi connectivity index (χ3v) is 6.38. The molecule has 2 aliphatic heterocycles. The van der Waals surface area contributed by atoms with Gasteiger partial charge in [0.15, 0.2) is 0 Å². The first-order valence-electron chi connectivity index (χ1n) is 7.92. The van der Waals surface area contributed by atoms with Gasteiger partial charge in [-0.1, -0.05) is 6.92 Å². The van der Waals surface area contributed by atoms with Crippen LogP contribution in [0.1, 0.15) is 6.92 Å². The van der Waals surface area contributed by atoms with Gasteiger partial charge in [-0.2, -0.15) is 17.5 Å². The number of carboxylic acids is 1. The van der Waals surface area contributed by atoms with Crippen LogP contribution in [0.5, 0.6) is 0 Å². The number of nitrogens with one attached hydrogen (secondary N) is 1. The molecular weight excluding hydrogens is 391 g/mol. The number of halogens is 3. The first kappa shape index (κ1) is 21.1. The van der Waals surface area contributed by atoms with Crippen LogP contribution in [0.25, 0.3) is 0 Å². The number of fused-ring (bicyclic) bond motifs is 1. The third kappa shape index (κ3) is 4.75. The molecule has 3 atom stereocenters. The molecule has 12 heteroatoms. The Morgan fingerprint density at radius 3 is 2.52 bits per heavy atom. The Labute approximate surface area is 153 Å². The number of piperidine rings is 1. The van der Waals surface area contributed by atoms with Gasteiger partial charge in [-0.05, 0) is 24.0 Å². The van der Waals surface area contributed by atoms with Crippen molar-refractivity contribution in [1.82, 2.24) is 14.6 Å². The summed E-state index contributed by atoms with van der Waals surface area (Å²) >= 11 is 0. The van der Waals surface area contributed by atoms with Crippen LogP contribution < -0.4 is 5.32 Å². The van der Waals surface area contributed by atoms with Crippen LogP contribution in [0, 0.1) is 17.8 Å². The second kappa shape index (κ2) is 7.80. The van der Waals surface area contributed by atoms with E-state index in [2.05, 4.69) is 10.3 Å². The van der Waals surface area contributed by atoms with Crippen LogP contribution in [0.3, 0.4) is 0 Å². The molecule has 2 saturated heterocycles. The minimum absolute atomic E-state index is 0.0203.